The molecular formula is C27H36Cl2F4N2O3. The molecule has 2 aromatic rings. The molecular weight excluding hydrogens is 547 g/mol. The lowest BCUT2D eigenvalue weighted by atomic mass is 10.0. The van der Waals surface area contributed by atoms with Crippen LogP contribution < -0.4 is 4.74 Å². The first-order valence-electron chi connectivity index (χ1n) is 12.5. The fourth-order valence-corrected chi connectivity index (χ4v) is 4.79. The van der Waals surface area contributed by atoms with Crippen LogP contribution in [0.2, 0.25) is 0 Å². The first-order chi connectivity index (χ1) is 17.2. The molecule has 5 nitrogen and oxygen atoms in total. The van der Waals surface area contributed by atoms with Crippen molar-refractivity contribution < 1.29 is 31.8 Å². The maximum Gasteiger partial charge on any atom is 0.416 e. The summed E-state index contributed by atoms with van der Waals surface area (Å²) in [6, 6.07) is 11.3. The number of alkyl halides is 3. The van der Waals surface area contributed by atoms with Gasteiger partial charge in [0.15, 0.2) is 5.79 Å². The first kappa shape index (κ1) is 32.6. The maximum atomic E-state index is 13.3. The topological polar surface area (TPSA) is 34.2 Å². The van der Waals surface area contributed by atoms with E-state index in [4.69, 9.17) is 14.2 Å². The molecule has 0 atom stereocenters. The number of piperidine rings is 1. The van der Waals surface area contributed by atoms with Gasteiger partial charge in [-0.05, 0) is 69.3 Å². The molecule has 38 heavy (non-hydrogen) atoms. The van der Waals surface area contributed by atoms with Crippen molar-refractivity contribution in [1.82, 2.24) is 9.80 Å². The molecule has 2 saturated heterocycles. The molecule has 4 rings (SSSR count). The zero-order valence-corrected chi connectivity index (χ0v) is 23.1. The Hall–Kier alpha value is -1.62. The summed E-state index contributed by atoms with van der Waals surface area (Å²) in [5, 5.41) is 0. The number of halogens is 6. The van der Waals surface area contributed by atoms with Crippen molar-refractivity contribution in [3.8, 4) is 5.75 Å². The van der Waals surface area contributed by atoms with Gasteiger partial charge >= 0.3 is 6.18 Å². The Labute approximate surface area is 234 Å². The summed E-state index contributed by atoms with van der Waals surface area (Å²) in [6.45, 7) is 5.62. The van der Waals surface area contributed by atoms with E-state index < -0.39 is 17.5 Å². The minimum atomic E-state index is -4.33. The predicted molar refractivity (Wildman–Crippen MR) is 143 cm³/mol. The van der Waals surface area contributed by atoms with E-state index in [2.05, 4.69) is 16.8 Å². The lowest BCUT2D eigenvalue weighted by Gasteiger charge is -2.33. The lowest BCUT2D eigenvalue weighted by molar-refractivity contribution is -0.172. The third-order valence-corrected chi connectivity index (χ3v) is 6.90. The van der Waals surface area contributed by atoms with Crippen LogP contribution in [0.4, 0.5) is 17.6 Å². The van der Waals surface area contributed by atoms with Gasteiger partial charge in [0.1, 0.15) is 17.7 Å². The van der Waals surface area contributed by atoms with Gasteiger partial charge in [0.25, 0.3) is 0 Å². The molecule has 214 valence electrons. The van der Waals surface area contributed by atoms with E-state index in [1.54, 1.807) is 12.1 Å². The Morgan fingerprint density at radius 1 is 0.947 bits per heavy atom. The van der Waals surface area contributed by atoms with Gasteiger partial charge in [-0.3, -0.25) is 0 Å². The van der Waals surface area contributed by atoms with E-state index in [-0.39, 0.29) is 36.7 Å². The molecule has 0 radical (unpaired) electrons. The van der Waals surface area contributed by atoms with E-state index >= 15 is 0 Å². The lowest BCUT2D eigenvalue weighted by Crippen LogP contribution is -2.41. The standard InChI is InChI=1S/C27H34F4N2O3.2ClH/c1-32(14-2-13-26(34-19-20-35-26)21-3-7-23(28)8-4-21)17-18-33-15-11-25(12-16-33)36-24-9-5-22(6-10-24)27(29,30)31;;/h3-10,25H,2,11-20H2,1H3;2*1H. The number of likely N-dealkylation sites (tertiary alicyclic amines) is 1. The third-order valence-electron chi connectivity index (χ3n) is 6.90. The maximum absolute atomic E-state index is 13.3. The molecule has 0 spiro atoms. The van der Waals surface area contributed by atoms with Gasteiger partial charge in [0.2, 0.25) is 0 Å². The molecule has 0 N–H and O–H groups in total. The van der Waals surface area contributed by atoms with Gasteiger partial charge in [0, 0.05) is 38.2 Å². The van der Waals surface area contributed by atoms with E-state index in [1.165, 1.54) is 24.3 Å². The normalized spacial score (nSPS) is 18.2. The van der Waals surface area contributed by atoms with Crippen LogP contribution in [0, 0.1) is 5.82 Å². The van der Waals surface area contributed by atoms with Crippen molar-refractivity contribution in [3.63, 3.8) is 0 Å². The van der Waals surface area contributed by atoms with E-state index in [0.717, 1.165) is 69.7 Å². The molecule has 0 aromatic heterocycles. The van der Waals surface area contributed by atoms with Crippen LogP contribution in [0.3, 0.4) is 0 Å². The van der Waals surface area contributed by atoms with Crippen LogP contribution in [-0.4, -0.2) is 68.9 Å². The zero-order valence-electron chi connectivity index (χ0n) is 21.4. The Balaban J connectivity index is 0.00000253. The summed E-state index contributed by atoms with van der Waals surface area (Å²) >= 11 is 0. The van der Waals surface area contributed by atoms with E-state index in [9.17, 15) is 17.6 Å². The zero-order chi connectivity index (χ0) is 25.6. The molecule has 0 aliphatic carbocycles. The number of ether oxygens (including phenoxy) is 3. The number of hydrogen-bond acceptors (Lipinski definition) is 5. The third kappa shape index (κ3) is 8.96. The second-order valence-corrected chi connectivity index (χ2v) is 9.54. The molecule has 2 aromatic carbocycles. The molecule has 2 aliphatic rings. The smallest absolute Gasteiger partial charge is 0.416 e. The quantitative estimate of drug-likeness (QED) is 0.314. The van der Waals surface area contributed by atoms with Crippen LogP contribution in [0.5, 0.6) is 5.75 Å². The Morgan fingerprint density at radius 3 is 2.13 bits per heavy atom. The van der Waals surface area contributed by atoms with Gasteiger partial charge in [-0.15, -0.1) is 24.8 Å². The number of likely N-dealkylation sites (N-methyl/N-ethyl adjacent to an activating group) is 1. The number of hydrogen-bond donors (Lipinski definition) is 0. The summed E-state index contributed by atoms with van der Waals surface area (Å²) < 4.78 is 69.3. The predicted octanol–water partition coefficient (Wildman–Crippen LogP) is 6.14. The minimum absolute atomic E-state index is 0. The summed E-state index contributed by atoms with van der Waals surface area (Å²) in [5.41, 5.74) is 0.188. The Bertz CT molecular complexity index is 950. The van der Waals surface area contributed by atoms with Crippen LogP contribution in [0.15, 0.2) is 48.5 Å². The number of rotatable bonds is 10. The minimum Gasteiger partial charge on any atom is -0.490 e. The van der Waals surface area contributed by atoms with Crippen molar-refractivity contribution in [1.29, 1.82) is 0 Å². The van der Waals surface area contributed by atoms with E-state index in [0.29, 0.717) is 25.4 Å². The molecule has 0 saturated carbocycles. The van der Waals surface area contributed by atoms with Gasteiger partial charge in [-0.2, -0.15) is 13.2 Å². The van der Waals surface area contributed by atoms with E-state index in [1.807, 2.05) is 0 Å². The molecule has 11 heteroatoms. The SMILES string of the molecule is CN(CCCC1(c2ccc(F)cc2)OCCO1)CCN1CCC(Oc2ccc(C(F)(F)F)cc2)CC1.Cl.Cl. The monoisotopic (exact) mass is 582 g/mol. The summed E-state index contributed by atoms with van der Waals surface area (Å²) in [4.78, 5) is 4.68. The van der Waals surface area contributed by atoms with Crippen molar-refractivity contribution in [2.24, 2.45) is 0 Å². The highest BCUT2D eigenvalue weighted by Gasteiger charge is 2.38. The number of benzene rings is 2. The van der Waals surface area contributed by atoms with Crippen LogP contribution >= 0.6 is 24.8 Å². The average molecular weight is 583 g/mol. The first-order valence-corrected chi connectivity index (χ1v) is 12.5. The average Bonchev–Trinajstić information content (AvgIpc) is 3.34. The van der Waals surface area contributed by atoms with Crippen LogP contribution in [0.1, 0.15) is 36.8 Å². The molecule has 0 bridgehead atoms. The summed E-state index contributed by atoms with van der Waals surface area (Å²) in [6.07, 6.45) is -1.03. The highest BCUT2D eigenvalue weighted by Crippen LogP contribution is 2.36. The molecule has 2 heterocycles. The molecule has 0 amide bonds. The second kappa shape index (κ2) is 14.7. The molecule has 2 fully saturated rings. The largest absolute Gasteiger partial charge is 0.490 e. The van der Waals surface area contributed by atoms with Crippen molar-refractivity contribution in [2.75, 3.05) is 53.0 Å². The van der Waals surface area contributed by atoms with Gasteiger partial charge in [-0.25, -0.2) is 4.39 Å². The van der Waals surface area contributed by atoms with Gasteiger partial charge in [0.05, 0.1) is 18.8 Å². The fraction of sp³-hybridized carbons (Fsp3) is 0.556. The van der Waals surface area contributed by atoms with Crippen molar-refractivity contribution >= 4 is 24.8 Å². The summed E-state index contributed by atoms with van der Waals surface area (Å²) in [7, 11) is 2.10. The molecule has 0 unspecified atom stereocenters. The highest BCUT2D eigenvalue weighted by atomic mass is 35.5. The van der Waals surface area contributed by atoms with Crippen LogP contribution in [-0.2, 0) is 21.4 Å². The van der Waals surface area contributed by atoms with Crippen molar-refractivity contribution in [2.45, 2.75) is 43.8 Å². The van der Waals surface area contributed by atoms with Crippen LogP contribution in [0.25, 0.3) is 0 Å². The Kier molecular flexibility index (Phi) is 12.6. The Morgan fingerprint density at radius 2 is 1.55 bits per heavy atom. The highest BCUT2D eigenvalue weighted by molar-refractivity contribution is 5.85. The number of nitrogens with zero attached hydrogens (tertiary/aromatic N) is 2. The fourth-order valence-electron chi connectivity index (χ4n) is 4.79. The summed E-state index contributed by atoms with van der Waals surface area (Å²) in [5.74, 6) is -0.583. The second-order valence-electron chi connectivity index (χ2n) is 9.54. The van der Waals surface area contributed by atoms with Gasteiger partial charge < -0.3 is 24.0 Å². The molecule has 2 aliphatic heterocycles. The van der Waals surface area contributed by atoms with Gasteiger partial charge in [-0.1, -0.05) is 12.1 Å². The van der Waals surface area contributed by atoms with Crippen molar-refractivity contribution in [3.05, 3.63) is 65.5 Å².